The van der Waals surface area contributed by atoms with Gasteiger partial charge in [-0.1, -0.05) is 24.3 Å². The van der Waals surface area contributed by atoms with Crippen LogP contribution in [0, 0.1) is 33.5 Å². The minimum Gasteiger partial charge on any atom is -0.244 e. The molecule has 4 aliphatic carbocycles. The SMILES string of the molecule is CC1=NN(C2=CC3=CC=C4C=C(N5N=C(C)[N]N(C)C5=O)C=C5C=CC(=C2)C3(C#N)C45C#N)C(=O)N(C)[N]1. The predicted octanol–water partition coefficient (Wildman–Crippen LogP) is 2.53. The molecule has 6 aliphatic rings. The predicted molar refractivity (Wildman–Crippen MR) is 134 cm³/mol. The number of carbonyl (C=O) groups is 2. The topological polar surface area (TPSA) is 148 Å². The molecule has 0 spiro atoms. The van der Waals surface area contributed by atoms with Crippen LogP contribution in [0.15, 0.2) is 92.5 Å². The lowest BCUT2D eigenvalue weighted by atomic mass is 9.46. The molecule has 4 amide bonds. The molecule has 6 rings (SSSR count). The Morgan fingerprint density at radius 3 is 1.45 bits per heavy atom. The maximum Gasteiger partial charge on any atom is 0.365 e. The average Bonchev–Trinajstić information content (AvgIpc) is 2.90. The Morgan fingerprint density at radius 1 is 0.684 bits per heavy atom. The second kappa shape index (κ2) is 7.57. The van der Waals surface area contributed by atoms with Gasteiger partial charge in [-0.15, -0.1) is 10.2 Å². The van der Waals surface area contributed by atoms with Crippen LogP contribution in [0.1, 0.15) is 13.8 Å². The van der Waals surface area contributed by atoms with Crippen molar-refractivity contribution < 1.29 is 9.59 Å². The van der Waals surface area contributed by atoms with Gasteiger partial charge >= 0.3 is 12.1 Å². The van der Waals surface area contributed by atoms with Crippen molar-refractivity contribution in [2.45, 2.75) is 13.8 Å². The van der Waals surface area contributed by atoms with Crippen molar-refractivity contribution in [2.24, 2.45) is 21.0 Å². The summed E-state index contributed by atoms with van der Waals surface area (Å²) in [6.45, 7) is 3.36. The maximum atomic E-state index is 12.8. The van der Waals surface area contributed by atoms with Crippen molar-refractivity contribution in [3.05, 3.63) is 82.3 Å². The summed E-state index contributed by atoms with van der Waals surface area (Å²) in [5, 5.41) is 34.9. The van der Waals surface area contributed by atoms with Gasteiger partial charge in [-0.25, -0.2) is 19.6 Å². The minimum atomic E-state index is -1.39. The number of carbonyl (C=O) groups excluding carboxylic acids is 2. The molecule has 0 aromatic carbocycles. The molecule has 0 aromatic rings. The van der Waals surface area contributed by atoms with Crippen molar-refractivity contribution in [1.82, 2.24) is 30.9 Å². The Hall–Kier alpha value is -5.36. The van der Waals surface area contributed by atoms with E-state index in [1.54, 1.807) is 62.5 Å². The van der Waals surface area contributed by atoms with Gasteiger partial charge in [0.15, 0.2) is 11.7 Å². The number of nitriles is 2. The van der Waals surface area contributed by atoms with Crippen LogP contribution in [-0.4, -0.2) is 57.9 Å². The smallest absolute Gasteiger partial charge is 0.244 e. The fourth-order valence-corrected chi connectivity index (χ4v) is 5.62. The lowest BCUT2D eigenvalue weighted by molar-refractivity contribution is 0.157. The van der Waals surface area contributed by atoms with E-state index in [4.69, 9.17) is 0 Å². The molecule has 2 heterocycles. The van der Waals surface area contributed by atoms with Gasteiger partial charge < -0.3 is 0 Å². The standard InChI is InChI=1S/C26H20N10O2/c1-15-29-33(3)23(37)35(31-15)21-9-17-5-7-19-11-22(36-24(38)34(4)30-16(2)32-36)12-20-8-6-18(10-21)25(17,13-27)26(19,20)14-28/h5-12H,1-4H3. The molecule has 0 aromatic heterocycles. The van der Waals surface area contributed by atoms with E-state index in [0.717, 1.165) is 0 Å². The summed E-state index contributed by atoms with van der Waals surface area (Å²) in [6.07, 6.45) is 13.9. The summed E-state index contributed by atoms with van der Waals surface area (Å²) in [4.78, 5) is 25.7. The summed E-state index contributed by atoms with van der Waals surface area (Å²) in [6, 6.07) is 3.99. The first-order valence-corrected chi connectivity index (χ1v) is 11.7. The molecule has 2 radical (unpaired) electrons. The summed E-state index contributed by atoms with van der Waals surface area (Å²) in [7, 11) is 3.08. The van der Waals surface area contributed by atoms with E-state index in [0.29, 0.717) is 45.4 Å². The fourth-order valence-electron chi connectivity index (χ4n) is 5.62. The van der Waals surface area contributed by atoms with Gasteiger partial charge in [0.05, 0.1) is 23.5 Å². The Labute approximate surface area is 218 Å². The second-order valence-electron chi connectivity index (χ2n) is 9.37. The first-order chi connectivity index (χ1) is 18.2. The maximum absolute atomic E-state index is 12.8. The quantitative estimate of drug-likeness (QED) is 0.568. The zero-order chi connectivity index (χ0) is 27.0. The molecule has 0 saturated carbocycles. The molecule has 0 saturated heterocycles. The molecular weight excluding hydrogens is 484 g/mol. The third-order valence-electron chi connectivity index (χ3n) is 7.21. The number of amidine groups is 2. The summed E-state index contributed by atoms with van der Waals surface area (Å²) in [5.74, 6) is 0.796. The number of rotatable bonds is 2. The van der Waals surface area contributed by atoms with Crippen molar-refractivity contribution in [3.8, 4) is 12.1 Å². The van der Waals surface area contributed by atoms with Crippen molar-refractivity contribution in [3.63, 3.8) is 0 Å². The molecule has 0 fully saturated rings. The van der Waals surface area contributed by atoms with Crippen LogP contribution >= 0.6 is 0 Å². The van der Waals surface area contributed by atoms with Crippen LogP contribution in [0.3, 0.4) is 0 Å². The van der Waals surface area contributed by atoms with Gasteiger partial charge in [0.1, 0.15) is 10.8 Å². The Bertz CT molecular complexity index is 1490. The van der Waals surface area contributed by atoms with E-state index in [2.05, 4.69) is 33.2 Å². The third-order valence-corrected chi connectivity index (χ3v) is 7.21. The van der Waals surface area contributed by atoms with E-state index in [9.17, 15) is 20.1 Å². The van der Waals surface area contributed by atoms with E-state index in [1.807, 2.05) is 0 Å². The highest BCUT2D eigenvalue weighted by Gasteiger charge is 2.64. The molecule has 0 bridgehead atoms. The van der Waals surface area contributed by atoms with Crippen LogP contribution in [0.25, 0.3) is 0 Å². The minimum absolute atomic E-state index is 0.398. The zero-order valence-electron chi connectivity index (χ0n) is 20.9. The van der Waals surface area contributed by atoms with Gasteiger partial charge in [-0.2, -0.15) is 31.4 Å². The highest BCUT2D eigenvalue weighted by molar-refractivity contribution is 5.90. The van der Waals surface area contributed by atoms with E-state index in [-0.39, 0.29) is 0 Å². The lowest BCUT2D eigenvalue weighted by Crippen LogP contribution is -2.52. The number of hydrazone groups is 2. The van der Waals surface area contributed by atoms with Crippen LogP contribution in [0.2, 0.25) is 0 Å². The highest BCUT2D eigenvalue weighted by atomic mass is 16.2. The van der Waals surface area contributed by atoms with Gasteiger partial charge in [-0.05, 0) is 60.4 Å². The van der Waals surface area contributed by atoms with Crippen LogP contribution in [0.5, 0.6) is 0 Å². The van der Waals surface area contributed by atoms with Crippen LogP contribution < -0.4 is 10.9 Å². The highest BCUT2D eigenvalue weighted by Crippen LogP contribution is 2.65. The summed E-state index contributed by atoms with van der Waals surface area (Å²) >= 11 is 0. The van der Waals surface area contributed by atoms with Crippen LogP contribution in [0.4, 0.5) is 9.59 Å². The van der Waals surface area contributed by atoms with Crippen molar-refractivity contribution in [1.29, 1.82) is 10.5 Å². The average molecular weight is 505 g/mol. The molecule has 12 heteroatoms. The molecule has 186 valence electrons. The third kappa shape index (κ3) is 2.71. The monoisotopic (exact) mass is 504 g/mol. The van der Waals surface area contributed by atoms with E-state index < -0.39 is 22.9 Å². The van der Waals surface area contributed by atoms with Crippen LogP contribution in [-0.2, 0) is 0 Å². The Morgan fingerprint density at radius 2 is 1.08 bits per heavy atom. The summed E-state index contributed by atoms with van der Waals surface area (Å²) < 4.78 is 0. The number of allylic oxidation sites excluding steroid dienone is 12. The fraction of sp³-hybridized carbons (Fsp3) is 0.231. The molecule has 12 nitrogen and oxygen atoms in total. The second-order valence-corrected chi connectivity index (χ2v) is 9.37. The van der Waals surface area contributed by atoms with Gasteiger partial charge in [0.25, 0.3) is 0 Å². The van der Waals surface area contributed by atoms with Crippen molar-refractivity contribution in [2.75, 3.05) is 14.1 Å². The Balaban J connectivity index is 1.55. The van der Waals surface area contributed by atoms with Gasteiger partial charge in [0, 0.05) is 14.1 Å². The number of hydrogen-bond donors (Lipinski definition) is 0. The molecule has 38 heavy (non-hydrogen) atoms. The molecular formula is C26H20N10O2. The first-order valence-electron chi connectivity index (χ1n) is 11.7. The molecule has 2 unspecified atom stereocenters. The first kappa shape index (κ1) is 23.1. The number of hydrogen-bond acceptors (Lipinski definition) is 6. The zero-order valence-corrected chi connectivity index (χ0v) is 20.9. The number of nitrogens with zero attached hydrogens (tertiary/aromatic N) is 10. The Kier molecular flexibility index (Phi) is 4.59. The summed E-state index contributed by atoms with van der Waals surface area (Å²) in [5.41, 5.74) is 8.46. The van der Waals surface area contributed by atoms with Gasteiger partial charge in [-0.3, -0.25) is 0 Å². The normalized spacial score (nSPS) is 29.1. The number of urea groups is 2. The lowest BCUT2D eigenvalue weighted by Gasteiger charge is -2.52. The van der Waals surface area contributed by atoms with Gasteiger partial charge in [0.2, 0.25) is 0 Å². The largest absolute Gasteiger partial charge is 0.365 e. The molecule has 2 aliphatic heterocycles. The van der Waals surface area contributed by atoms with E-state index in [1.165, 1.54) is 34.1 Å². The number of amides is 4. The van der Waals surface area contributed by atoms with E-state index >= 15 is 0 Å². The molecule has 0 N–H and O–H groups in total. The molecule has 2 atom stereocenters. The van der Waals surface area contributed by atoms with Crippen molar-refractivity contribution >= 4 is 23.7 Å².